The summed E-state index contributed by atoms with van der Waals surface area (Å²) in [4.78, 5) is 0. The van der Waals surface area contributed by atoms with Crippen LogP contribution < -0.4 is 5.32 Å². The van der Waals surface area contributed by atoms with E-state index in [1.165, 1.54) is 24.1 Å². The molecule has 0 radical (unpaired) electrons. The van der Waals surface area contributed by atoms with Gasteiger partial charge in [-0.15, -0.1) is 0 Å². The van der Waals surface area contributed by atoms with Gasteiger partial charge in [-0.1, -0.05) is 22.0 Å². The lowest BCUT2D eigenvalue weighted by molar-refractivity contribution is 0.0595. The van der Waals surface area contributed by atoms with E-state index in [4.69, 9.17) is 4.74 Å². The van der Waals surface area contributed by atoms with Crippen molar-refractivity contribution in [3.8, 4) is 0 Å². The molecule has 0 aliphatic carbocycles. The molecule has 0 aromatic heterocycles. The lowest BCUT2D eigenvalue weighted by atomic mass is 10.0. The minimum atomic E-state index is 0.659. The molecule has 1 heterocycles. The van der Waals surface area contributed by atoms with Gasteiger partial charge in [-0.25, -0.2) is 0 Å². The summed E-state index contributed by atoms with van der Waals surface area (Å²) < 4.78 is 6.64. The Kier molecular flexibility index (Phi) is 4.24. The Balaban J connectivity index is 1.91. The summed E-state index contributed by atoms with van der Waals surface area (Å²) in [7, 11) is 0. The summed E-state index contributed by atoms with van der Waals surface area (Å²) in [5, 5.41) is 3.51. The Bertz CT molecular complexity index is 348. The van der Waals surface area contributed by atoms with Gasteiger partial charge in [0, 0.05) is 23.3 Å². The molecular formula is C13H18BrNO. The van der Waals surface area contributed by atoms with Crippen LogP contribution in [0.15, 0.2) is 22.7 Å². The number of hydrogen-bond acceptors (Lipinski definition) is 2. The van der Waals surface area contributed by atoms with Crippen molar-refractivity contribution in [3.63, 3.8) is 0 Å². The predicted octanol–water partition coefficient (Wildman–Crippen LogP) is 3.60. The molecule has 1 unspecified atom stereocenters. The van der Waals surface area contributed by atoms with Crippen molar-refractivity contribution in [2.75, 3.05) is 25.1 Å². The molecule has 1 fully saturated rings. The smallest absolute Gasteiger partial charge is 0.0511 e. The van der Waals surface area contributed by atoms with Crippen LogP contribution in [0, 0.1) is 12.8 Å². The van der Waals surface area contributed by atoms with E-state index in [2.05, 4.69) is 46.4 Å². The van der Waals surface area contributed by atoms with E-state index in [1.54, 1.807) is 0 Å². The zero-order valence-corrected chi connectivity index (χ0v) is 11.2. The standard InChI is InChI=1S/C13H18BrNO/c1-10-12(14)5-2-6-13(10)15-8-11-4-3-7-16-9-11/h2,5-6,11,15H,3-4,7-9H2,1H3. The van der Waals surface area contributed by atoms with Crippen LogP contribution in [0.2, 0.25) is 0 Å². The Labute approximate surface area is 106 Å². The van der Waals surface area contributed by atoms with Crippen LogP contribution in [0.5, 0.6) is 0 Å². The van der Waals surface area contributed by atoms with Crippen molar-refractivity contribution >= 4 is 21.6 Å². The van der Waals surface area contributed by atoms with Gasteiger partial charge in [-0.3, -0.25) is 0 Å². The van der Waals surface area contributed by atoms with Crippen LogP contribution in [-0.4, -0.2) is 19.8 Å². The third-order valence-corrected chi connectivity index (χ3v) is 3.96. The van der Waals surface area contributed by atoms with Gasteiger partial charge in [0.05, 0.1) is 6.61 Å². The first-order valence-corrected chi connectivity index (χ1v) is 6.63. The third-order valence-electron chi connectivity index (χ3n) is 3.10. The molecule has 88 valence electrons. The highest BCUT2D eigenvalue weighted by molar-refractivity contribution is 9.10. The molecule has 1 aromatic rings. The van der Waals surface area contributed by atoms with Crippen LogP contribution in [0.25, 0.3) is 0 Å². The van der Waals surface area contributed by atoms with Crippen molar-refractivity contribution < 1.29 is 4.74 Å². The molecule has 1 atom stereocenters. The van der Waals surface area contributed by atoms with Crippen LogP contribution in [0.4, 0.5) is 5.69 Å². The van der Waals surface area contributed by atoms with E-state index in [0.717, 1.165) is 24.2 Å². The molecule has 1 aliphatic heterocycles. The van der Waals surface area contributed by atoms with Gasteiger partial charge in [-0.05, 0) is 43.4 Å². The van der Waals surface area contributed by atoms with Crippen LogP contribution in [-0.2, 0) is 4.74 Å². The Hall–Kier alpha value is -0.540. The first-order valence-electron chi connectivity index (χ1n) is 5.84. The number of nitrogens with one attached hydrogen (secondary N) is 1. The molecule has 16 heavy (non-hydrogen) atoms. The molecule has 2 nitrogen and oxygen atoms in total. The quantitative estimate of drug-likeness (QED) is 0.915. The van der Waals surface area contributed by atoms with E-state index in [9.17, 15) is 0 Å². The zero-order valence-electron chi connectivity index (χ0n) is 9.63. The van der Waals surface area contributed by atoms with Gasteiger partial charge < -0.3 is 10.1 Å². The van der Waals surface area contributed by atoms with Crippen LogP contribution in [0.1, 0.15) is 18.4 Å². The predicted molar refractivity (Wildman–Crippen MR) is 70.9 cm³/mol. The molecule has 0 amide bonds. The fourth-order valence-electron chi connectivity index (χ4n) is 2.02. The Morgan fingerprint density at radius 3 is 3.12 bits per heavy atom. The van der Waals surface area contributed by atoms with E-state index in [0.29, 0.717) is 5.92 Å². The number of ether oxygens (including phenoxy) is 1. The van der Waals surface area contributed by atoms with Gasteiger partial charge in [0.1, 0.15) is 0 Å². The minimum absolute atomic E-state index is 0.659. The number of rotatable bonds is 3. The van der Waals surface area contributed by atoms with E-state index >= 15 is 0 Å². The Morgan fingerprint density at radius 2 is 2.38 bits per heavy atom. The SMILES string of the molecule is Cc1c(Br)cccc1NCC1CCCOC1. The molecular weight excluding hydrogens is 266 g/mol. The molecule has 2 rings (SSSR count). The molecule has 0 spiro atoms. The molecule has 0 bridgehead atoms. The number of anilines is 1. The fraction of sp³-hybridized carbons (Fsp3) is 0.538. The number of benzene rings is 1. The summed E-state index contributed by atoms with van der Waals surface area (Å²) in [5.41, 5.74) is 2.50. The van der Waals surface area contributed by atoms with Gasteiger partial charge in [-0.2, -0.15) is 0 Å². The highest BCUT2D eigenvalue weighted by Crippen LogP contribution is 2.24. The maximum absolute atomic E-state index is 5.48. The summed E-state index contributed by atoms with van der Waals surface area (Å²) in [6, 6.07) is 6.27. The second-order valence-electron chi connectivity index (χ2n) is 4.38. The number of hydrogen-bond donors (Lipinski definition) is 1. The maximum Gasteiger partial charge on any atom is 0.0511 e. The van der Waals surface area contributed by atoms with Crippen molar-refractivity contribution in [2.24, 2.45) is 5.92 Å². The minimum Gasteiger partial charge on any atom is -0.384 e. The summed E-state index contributed by atoms with van der Waals surface area (Å²) >= 11 is 3.55. The highest BCUT2D eigenvalue weighted by atomic mass is 79.9. The summed E-state index contributed by atoms with van der Waals surface area (Å²) in [6.07, 6.45) is 2.48. The molecule has 1 N–H and O–H groups in total. The Morgan fingerprint density at radius 1 is 1.50 bits per heavy atom. The van der Waals surface area contributed by atoms with Crippen molar-refractivity contribution in [3.05, 3.63) is 28.2 Å². The molecule has 1 aromatic carbocycles. The lowest BCUT2D eigenvalue weighted by Crippen LogP contribution is -2.24. The zero-order chi connectivity index (χ0) is 11.4. The first-order chi connectivity index (χ1) is 7.77. The summed E-state index contributed by atoms with van der Waals surface area (Å²) in [5.74, 6) is 0.659. The second-order valence-corrected chi connectivity index (χ2v) is 5.23. The van der Waals surface area contributed by atoms with Gasteiger partial charge >= 0.3 is 0 Å². The van der Waals surface area contributed by atoms with Gasteiger partial charge in [0.25, 0.3) is 0 Å². The average molecular weight is 284 g/mol. The monoisotopic (exact) mass is 283 g/mol. The van der Waals surface area contributed by atoms with E-state index in [1.807, 2.05) is 0 Å². The molecule has 1 saturated heterocycles. The maximum atomic E-state index is 5.48. The average Bonchev–Trinajstić information content (AvgIpc) is 2.32. The lowest BCUT2D eigenvalue weighted by Gasteiger charge is -2.23. The molecule has 1 aliphatic rings. The second kappa shape index (κ2) is 5.69. The van der Waals surface area contributed by atoms with Crippen molar-refractivity contribution in [2.45, 2.75) is 19.8 Å². The topological polar surface area (TPSA) is 21.3 Å². The third kappa shape index (κ3) is 2.98. The van der Waals surface area contributed by atoms with Crippen LogP contribution >= 0.6 is 15.9 Å². The van der Waals surface area contributed by atoms with Gasteiger partial charge in [0.15, 0.2) is 0 Å². The van der Waals surface area contributed by atoms with Gasteiger partial charge in [0.2, 0.25) is 0 Å². The van der Waals surface area contributed by atoms with Crippen LogP contribution in [0.3, 0.4) is 0 Å². The van der Waals surface area contributed by atoms with Crippen molar-refractivity contribution in [1.29, 1.82) is 0 Å². The first kappa shape index (κ1) is 11.9. The number of halogens is 1. The molecule has 3 heteroatoms. The van der Waals surface area contributed by atoms with Crippen molar-refractivity contribution in [1.82, 2.24) is 0 Å². The van der Waals surface area contributed by atoms with E-state index in [-0.39, 0.29) is 0 Å². The highest BCUT2D eigenvalue weighted by Gasteiger charge is 2.13. The fourth-order valence-corrected chi connectivity index (χ4v) is 2.39. The summed E-state index contributed by atoms with van der Waals surface area (Å²) in [6.45, 7) is 4.98. The van der Waals surface area contributed by atoms with E-state index < -0.39 is 0 Å². The largest absolute Gasteiger partial charge is 0.384 e. The molecule has 0 saturated carbocycles. The normalized spacial score (nSPS) is 20.8.